The molecule has 0 N–H and O–H groups in total. The van der Waals surface area contributed by atoms with Gasteiger partial charge in [0, 0.05) is 19.1 Å². The summed E-state index contributed by atoms with van der Waals surface area (Å²) >= 11 is 1.92. The van der Waals surface area contributed by atoms with Crippen LogP contribution in [0.5, 0.6) is 0 Å². The Balaban J connectivity index is 0.000000791. The lowest BCUT2D eigenvalue weighted by Gasteiger charge is -2.32. The van der Waals surface area contributed by atoms with Crippen molar-refractivity contribution in [1.82, 2.24) is 4.90 Å². The number of thioether (sulfide) groups is 1. The molecule has 1 nitrogen and oxygen atoms in total. The van der Waals surface area contributed by atoms with E-state index >= 15 is 0 Å². The van der Waals surface area contributed by atoms with E-state index in [-0.39, 0.29) is 0 Å². The highest BCUT2D eigenvalue weighted by Gasteiger charge is 2.17. The van der Waals surface area contributed by atoms with Gasteiger partial charge in [-0.2, -0.15) is 0 Å². The minimum Gasteiger partial charge on any atom is -0.297 e. The first-order valence-electron chi connectivity index (χ1n) is 4.95. The molecule has 0 spiro atoms. The standard InChI is InChI=1S/C10H19NS.C2H2/c1-8(2)11-6-5-10(12-4)9(3)7-11;1-2/h8H,5-7H2,1-4H3;1-2H. The maximum Gasteiger partial charge on any atom is 0.0203 e. The van der Waals surface area contributed by atoms with Crippen molar-refractivity contribution in [3.63, 3.8) is 0 Å². The Morgan fingerprint density at radius 3 is 2.29 bits per heavy atom. The first kappa shape index (κ1) is 13.6. The second-order valence-electron chi connectivity index (χ2n) is 3.72. The van der Waals surface area contributed by atoms with Crippen LogP contribution in [0.2, 0.25) is 0 Å². The van der Waals surface area contributed by atoms with E-state index in [0.29, 0.717) is 6.04 Å². The van der Waals surface area contributed by atoms with Crippen LogP contribution in [-0.4, -0.2) is 30.3 Å². The van der Waals surface area contributed by atoms with Crippen molar-refractivity contribution in [2.24, 2.45) is 0 Å². The minimum absolute atomic E-state index is 0.698. The number of hydrogen-bond acceptors (Lipinski definition) is 2. The van der Waals surface area contributed by atoms with Gasteiger partial charge in [0.05, 0.1) is 0 Å². The molecule has 0 unspecified atom stereocenters. The number of hydrogen-bond donors (Lipinski definition) is 0. The fourth-order valence-electron chi connectivity index (χ4n) is 1.65. The Morgan fingerprint density at radius 1 is 1.36 bits per heavy atom. The Bertz CT molecular complexity index is 216. The first-order chi connectivity index (χ1) is 6.65. The summed E-state index contributed by atoms with van der Waals surface area (Å²) < 4.78 is 0. The van der Waals surface area contributed by atoms with E-state index < -0.39 is 0 Å². The van der Waals surface area contributed by atoms with Gasteiger partial charge < -0.3 is 0 Å². The highest BCUT2D eigenvalue weighted by molar-refractivity contribution is 8.02. The lowest BCUT2D eigenvalue weighted by atomic mass is 10.1. The quantitative estimate of drug-likeness (QED) is 0.646. The summed E-state index contributed by atoms with van der Waals surface area (Å²) in [6, 6.07) is 0.698. The summed E-state index contributed by atoms with van der Waals surface area (Å²) in [5.41, 5.74) is 1.57. The van der Waals surface area contributed by atoms with Gasteiger partial charge in [0.1, 0.15) is 0 Å². The van der Waals surface area contributed by atoms with Gasteiger partial charge in [-0.05, 0) is 43.9 Å². The van der Waals surface area contributed by atoms with Gasteiger partial charge in [-0.15, -0.1) is 24.6 Å². The fraction of sp³-hybridized carbons (Fsp3) is 0.667. The molecule has 0 saturated carbocycles. The SMILES string of the molecule is C#C.CSC1=C(C)CN(C(C)C)CC1. The third-order valence-corrected chi connectivity index (χ3v) is 3.56. The average molecular weight is 211 g/mol. The van der Waals surface area contributed by atoms with E-state index in [1.807, 2.05) is 11.8 Å². The van der Waals surface area contributed by atoms with Crippen LogP contribution < -0.4 is 0 Å². The predicted octanol–water partition coefficient (Wildman–Crippen LogP) is 2.99. The molecule has 0 aliphatic carbocycles. The molecule has 0 fully saturated rings. The van der Waals surface area contributed by atoms with Gasteiger partial charge in [-0.1, -0.05) is 0 Å². The molecule has 0 bridgehead atoms. The van der Waals surface area contributed by atoms with E-state index in [9.17, 15) is 0 Å². The molecule has 1 aliphatic rings. The third kappa shape index (κ3) is 3.77. The average Bonchev–Trinajstić information content (AvgIpc) is 2.20. The van der Waals surface area contributed by atoms with Crippen LogP contribution in [0, 0.1) is 12.8 Å². The Labute approximate surface area is 92.9 Å². The summed E-state index contributed by atoms with van der Waals surface area (Å²) in [5.74, 6) is 0. The number of nitrogens with zero attached hydrogens (tertiary/aromatic N) is 1. The van der Waals surface area contributed by atoms with Gasteiger partial charge in [0.2, 0.25) is 0 Å². The normalized spacial score (nSPS) is 17.9. The summed E-state index contributed by atoms with van der Waals surface area (Å²) in [4.78, 5) is 4.14. The van der Waals surface area contributed by atoms with Crippen molar-refractivity contribution < 1.29 is 0 Å². The predicted molar refractivity (Wildman–Crippen MR) is 67.4 cm³/mol. The molecule has 80 valence electrons. The molecule has 0 aromatic rings. The molecular weight excluding hydrogens is 190 g/mol. The first-order valence-corrected chi connectivity index (χ1v) is 6.17. The molecule has 0 radical (unpaired) electrons. The maximum absolute atomic E-state index is 4.00. The molecular formula is C12H21NS. The summed E-state index contributed by atoms with van der Waals surface area (Å²) in [5, 5.41) is 0. The van der Waals surface area contributed by atoms with Crippen LogP contribution in [0.25, 0.3) is 0 Å². The highest BCUT2D eigenvalue weighted by atomic mass is 32.2. The van der Waals surface area contributed by atoms with Crippen LogP contribution in [0.4, 0.5) is 0 Å². The molecule has 0 atom stereocenters. The monoisotopic (exact) mass is 211 g/mol. The molecule has 1 heterocycles. The molecule has 2 heteroatoms. The second-order valence-corrected chi connectivity index (χ2v) is 4.62. The molecule has 0 aromatic carbocycles. The lowest BCUT2D eigenvalue weighted by molar-refractivity contribution is 0.235. The Kier molecular flexibility index (Phi) is 6.78. The minimum atomic E-state index is 0.698. The van der Waals surface area contributed by atoms with Crippen LogP contribution >= 0.6 is 11.8 Å². The van der Waals surface area contributed by atoms with Crippen molar-refractivity contribution in [3.8, 4) is 12.8 Å². The van der Waals surface area contributed by atoms with Crippen molar-refractivity contribution in [1.29, 1.82) is 0 Å². The van der Waals surface area contributed by atoms with Crippen molar-refractivity contribution in [2.45, 2.75) is 33.2 Å². The zero-order valence-electron chi connectivity index (χ0n) is 9.71. The zero-order valence-corrected chi connectivity index (χ0v) is 10.5. The molecule has 1 aliphatic heterocycles. The van der Waals surface area contributed by atoms with Crippen LogP contribution in [0.1, 0.15) is 27.2 Å². The summed E-state index contributed by atoms with van der Waals surface area (Å²) in [7, 11) is 0. The van der Waals surface area contributed by atoms with Crippen molar-refractivity contribution in [2.75, 3.05) is 19.3 Å². The van der Waals surface area contributed by atoms with E-state index in [4.69, 9.17) is 0 Å². The van der Waals surface area contributed by atoms with Gasteiger partial charge in [0.15, 0.2) is 0 Å². The highest BCUT2D eigenvalue weighted by Crippen LogP contribution is 2.26. The zero-order chi connectivity index (χ0) is 11.1. The van der Waals surface area contributed by atoms with E-state index in [1.165, 1.54) is 19.5 Å². The molecule has 14 heavy (non-hydrogen) atoms. The Hall–Kier alpha value is -0.390. The molecule has 0 saturated heterocycles. The largest absolute Gasteiger partial charge is 0.297 e. The molecule has 0 aromatic heterocycles. The van der Waals surface area contributed by atoms with Gasteiger partial charge >= 0.3 is 0 Å². The van der Waals surface area contributed by atoms with E-state index in [1.54, 1.807) is 10.5 Å². The smallest absolute Gasteiger partial charge is 0.0203 e. The van der Waals surface area contributed by atoms with E-state index in [0.717, 1.165) is 0 Å². The van der Waals surface area contributed by atoms with Crippen LogP contribution in [0.15, 0.2) is 10.5 Å². The van der Waals surface area contributed by atoms with Gasteiger partial charge in [-0.25, -0.2) is 0 Å². The van der Waals surface area contributed by atoms with Crippen molar-refractivity contribution in [3.05, 3.63) is 10.5 Å². The summed E-state index contributed by atoms with van der Waals surface area (Å²) in [6.45, 7) is 9.23. The topological polar surface area (TPSA) is 3.24 Å². The third-order valence-electron chi connectivity index (χ3n) is 2.52. The summed E-state index contributed by atoms with van der Waals surface area (Å²) in [6.07, 6.45) is 11.4. The maximum atomic E-state index is 4.00. The van der Waals surface area contributed by atoms with Gasteiger partial charge in [0.25, 0.3) is 0 Å². The second kappa shape index (κ2) is 6.98. The van der Waals surface area contributed by atoms with Crippen LogP contribution in [0.3, 0.4) is 0 Å². The molecule has 1 rings (SSSR count). The van der Waals surface area contributed by atoms with Gasteiger partial charge in [-0.3, -0.25) is 4.90 Å². The van der Waals surface area contributed by atoms with E-state index in [2.05, 4.69) is 44.8 Å². The van der Waals surface area contributed by atoms with Crippen LogP contribution in [-0.2, 0) is 0 Å². The fourth-order valence-corrected chi connectivity index (χ4v) is 2.36. The Morgan fingerprint density at radius 2 is 1.93 bits per heavy atom. The molecule has 0 amide bonds. The lowest BCUT2D eigenvalue weighted by Crippen LogP contribution is -2.36. The number of terminal acetylenes is 1. The van der Waals surface area contributed by atoms with Crippen molar-refractivity contribution >= 4 is 11.8 Å². The number of rotatable bonds is 2.